The van der Waals surface area contributed by atoms with Crippen LogP contribution in [0.15, 0.2) is 33.2 Å². The lowest BCUT2D eigenvalue weighted by Crippen LogP contribution is -2.58. The molecule has 0 saturated heterocycles. The van der Waals surface area contributed by atoms with Gasteiger partial charge in [-0.05, 0) is 88.1 Å². The Kier molecular flexibility index (Phi) is 5.65. The van der Waals surface area contributed by atoms with Gasteiger partial charge in [0.05, 0.1) is 0 Å². The van der Waals surface area contributed by atoms with Crippen LogP contribution >= 0.6 is 31.9 Å². The quantitative estimate of drug-likeness (QED) is 0.354. The number of hydrogen-bond acceptors (Lipinski definition) is 2. The molecule has 0 atom stereocenters. The number of halogens is 2. The summed E-state index contributed by atoms with van der Waals surface area (Å²) < 4.78 is 3.63. The zero-order valence-corrected chi connectivity index (χ0v) is 20.9. The van der Waals surface area contributed by atoms with Crippen LogP contribution < -0.4 is 4.90 Å². The Bertz CT molecular complexity index is 1050. The molecule has 1 heterocycles. The number of carbonyl (C=O) groups excluding carboxylic acids is 2. The second-order valence-electron chi connectivity index (χ2n) is 8.23. The van der Waals surface area contributed by atoms with Crippen LogP contribution in [0.3, 0.4) is 0 Å². The summed E-state index contributed by atoms with van der Waals surface area (Å²) in [6.45, 7) is 13.2. The van der Waals surface area contributed by atoms with Gasteiger partial charge in [-0.2, -0.15) is 9.48 Å². The minimum Gasteiger partial charge on any atom is -0.245 e. The lowest BCUT2D eigenvalue weighted by Gasteiger charge is -2.33. The molecule has 2 aromatic rings. The van der Waals surface area contributed by atoms with Crippen molar-refractivity contribution in [1.29, 1.82) is 0 Å². The molecule has 1 aliphatic rings. The van der Waals surface area contributed by atoms with Crippen LogP contribution in [0.25, 0.3) is 0 Å². The maximum atomic E-state index is 13.5. The van der Waals surface area contributed by atoms with Crippen LogP contribution in [0.2, 0.25) is 0 Å². The van der Waals surface area contributed by atoms with Crippen molar-refractivity contribution in [3.05, 3.63) is 55.5 Å². The molecule has 0 fully saturated rings. The van der Waals surface area contributed by atoms with Crippen molar-refractivity contribution in [1.82, 2.24) is 0 Å². The van der Waals surface area contributed by atoms with E-state index < -0.39 is 5.41 Å². The van der Waals surface area contributed by atoms with Gasteiger partial charge in [0.15, 0.2) is 5.41 Å². The first-order chi connectivity index (χ1) is 13.4. The molecule has 0 aliphatic carbocycles. The third-order valence-electron chi connectivity index (χ3n) is 5.48. The Morgan fingerprint density at radius 2 is 1.21 bits per heavy atom. The van der Waals surface area contributed by atoms with Crippen molar-refractivity contribution in [3.63, 3.8) is 0 Å². The second-order valence-corrected chi connectivity index (χ2v) is 10.1. The predicted molar refractivity (Wildman–Crippen MR) is 124 cm³/mol. The van der Waals surface area contributed by atoms with E-state index in [9.17, 15) is 9.59 Å². The van der Waals surface area contributed by atoms with E-state index in [4.69, 9.17) is 0 Å². The molecule has 2 aromatic carbocycles. The topological polar surface area (TPSA) is 40.4 Å². The molecule has 3 rings (SSSR count). The first kappa shape index (κ1) is 21.9. The molecule has 0 bridgehead atoms. The molecular weight excluding hydrogens is 496 g/mol. The summed E-state index contributed by atoms with van der Waals surface area (Å²) in [5.41, 5.74) is 4.36. The zero-order chi connectivity index (χ0) is 21.8. The Labute approximate surface area is 188 Å². The summed E-state index contributed by atoms with van der Waals surface area (Å²) in [4.78, 5) is 28.7. The molecule has 2 amide bonds. The number of amides is 2. The van der Waals surface area contributed by atoms with E-state index in [1.807, 2.05) is 58.9 Å². The molecule has 29 heavy (non-hydrogen) atoms. The summed E-state index contributed by atoms with van der Waals surface area (Å²) in [6.07, 6.45) is 0. The fraction of sp³-hybridized carbons (Fsp3) is 0.348. The smallest absolute Gasteiger partial charge is 0.245 e. The highest BCUT2D eigenvalue weighted by Gasteiger charge is 2.55. The van der Waals surface area contributed by atoms with Crippen molar-refractivity contribution < 1.29 is 14.2 Å². The third kappa shape index (κ3) is 3.50. The van der Waals surface area contributed by atoms with Gasteiger partial charge in [0.2, 0.25) is 0 Å². The first-order valence-electron chi connectivity index (χ1n) is 9.44. The van der Waals surface area contributed by atoms with Crippen LogP contribution in [-0.4, -0.2) is 22.2 Å². The fourth-order valence-corrected chi connectivity index (χ4v) is 5.46. The standard InChI is InChI=1S/C23H25Br2N2O2/c1-12-8-17(24)9-13(2)19(12)26-16(5)27(22(29)23(6,7)21(26)28)20-14(3)10-18(25)11-15(20)4/h8-11H,1-7H3/q+1. The molecule has 4 nitrogen and oxygen atoms in total. The largest absolute Gasteiger partial charge is 0.332 e. The van der Waals surface area contributed by atoms with Gasteiger partial charge >= 0.3 is 11.8 Å². The molecule has 0 aromatic heterocycles. The average molecular weight is 521 g/mol. The van der Waals surface area contributed by atoms with E-state index in [2.05, 4.69) is 31.9 Å². The maximum absolute atomic E-state index is 13.5. The SMILES string of the molecule is CC1=[N+](c2c(C)cc(Br)cc2C)C(=O)C(C)(C)C(=O)N1c1c(C)cc(Br)cc1C. The molecule has 0 radical (unpaired) electrons. The van der Waals surface area contributed by atoms with E-state index in [0.29, 0.717) is 5.84 Å². The van der Waals surface area contributed by atoms with E-state index in [-0.39, 0.29) is 11.8 Å². The highest BCUT2D eigenvalue weighted by Crippen LogP contribution is 2.38. The van der Waals surface area contributed by atoms with E-state index in [1.165, 1.54) is 0 Å². The number of nitrogens with zero attached hydrogens (tertiary/aromatic N) is 2. The molecule has 0 spiro atoms. The van der Waals surface area contributed by atoms with E-state index >= 15 is 0 Å². The van der Waals surface area contributed by atoms with Gasteiger partial charge in [0.25, 0.3) is 5.84 Å². The van der Waals surface area contributed by atoms with Gasteiger partial charge in [-0.15, -0.1) is 0 Å². The minimum absolute atomic E-state index is 0.211. The molecule has 1 aliphatic heterocycles. The van der Waals surface area contributed by atoms with E-state index in [0.717, 1.165) is 42.6 Å². The third-order valence-corrected chi connectivity index (χ3v) is 6.40. The first-order valence-corrected chi connectivity index (χ1v) is 11.0. The van der Waals surface area contributed by atoms with Crippen LogP contribution in [-0.2, 0) is 9.59 Å². The van der Waals surface area contributed by atoms with Gasteiger partial charge in [-0.1, -0.05) is 31.9 Å². The molecule has 0 N–H and O–H groups in total. The monoisotopic (exact) mass is 519 g/mol. The van der Waals surface area contributed by atoms with Crippen LogP contribution in [0, 0.1) is 33.1 Å². The van der Waals surface area contributed by atoms with Crippen molar-refractivity contribution in [2.45, 2.75) is 48.5 Å². The predicted octanol–water partition coefficient (Wildman–Crippen LogP) is 6.11. The highest BCUT2D eigenvalue weighted by molar-refractivity contribution is 9.10. The van der Waals surface area contributed by atoms with Crippen LogP contribution in [0.1, 0.15) is 43.0 Å². The molecule has 6 heteroatoms. The number of rotatable bonds is 2. The van der Waals surface area contributed by atoms with Gasteiger partial charge < -0.3 is 0 Å². The maximum Gasteiger partial charge on any atom is 0.332 e. The average Bonchev–Trinajstić information content (AvgIpc) is 2.58. The number of aryl methyl sites for hydroxylation is 4. The molecule has 152 valence electrons. The van der Waals surface area contributed by atoms with Crippen LogP contribution in [0.5, 0.6) is 0 Å². The zero-order valence-electron chi connectivity index (χ0n) is 17.8. The van der Waals surface area contributed by atoms with Crippen molar-refractivity contribution >= 4 is 60.9 Å². The fourth-order valence-electron chi connectivity index (χ4n) is 4.08. The summed E-state index contributed by atoms with van der Waals surface area (Å²) in [5, 5.41) is 0. The summed E-state index contributed by atoms with van der Waals surface area (Å²) in [5.74, 6) is 0.177. The Morgan fingerprint density at radius 1 is 0.793 bits per heavy atom. The number of carbonyl (C=O) groups is 2. The van der Waals surface area contributed by atoms with Crippen molar-refractivity contribution in [2.24, 2.45) is 5.41 Å². The Morgan fingerprint density at radius 3 is 1.66 bits per heavy atom. The van der Waals surface area contributed by atoms with Gasteiger partial charge in [0, 0.05) is 15.9 Å². The highest BCUT2D eigenvalue weighted by atomic mass is 79.9. The molecule has 0 saturated carbocycles. The summed E-state index contributed by atoms with van der Waals surface area (Å²) in [7, 11) is 0. The number of benzene rings is 2. The summed E-state index contributed by atoms with van der Waals surface area (Å²) in [6, 6.07) is 7.97. The number of anilines is 1. The number of hydrogen-bond donors (Lipinski definition) is 0. The lowest BCUT2D eigenvalue weighted by atomic mass is 9.86. The number of amidine groups is 1. The Hall–Kier alpha value is -1.79. The van der Waals surface area contributed by atoms with Gasteiger partial charge in [-0.3, -0.25) is 0 Å². The molecular formula is C23H25Br2N2O2+. The van der Waals surface area contributed by atoms with Crippen LogP contribution in [0.4, 0.5) is 11.4 Å². The van der Waals surface area contributed by atoms with E-state index in [1.54, 1.807) is 23.3 Å². The lowest BCUT2D eigenvalue weighted by molar-refractivity contribution is -0.380. The van der Waals surface area contributed by atoms with Gasteiger partial charge in [-0.25, -0.2) is 9.59 Å². The Balaban J connectivity index is 2.40. The van der Waals surface area contributed by atoms with Gasteiger partial charge in [0.1, 0.15) is 11.4 Å². The van der Waals surface area contributed by atoms with Crippen molar-refractivity contribution in [2.75, 3.05) is 4.90 Å². The molecule has 0 unspecified atom stereocenters. The van der Waals surface area contributed by atoms with Crippen molar-refractivity contribution in [3.8, 4) is 0 Å². The summed E-state index contributed by atoms with van der Waals surface area (Å²) >= 11 is 7.06. The normalized spacial score (nSPS) is 16.7. The second kappa shape index (κ2) is 7.47. The minimum atomic E-state index is -1.18.